The Kier molecular flexibility index (Phi) is 7.09. The molecular weight excluding hydrogens is 511 g/mol. The highest BCUT2D eigenvalue weighted by molar-refractivity contribution is 5.96. The molecule has 11 heteroatoms. The number of aromatic nitrogens is 3. The summed E-state index contributed by atoms with van der Waals surface area (Å²) in [7, 11) is 1.21. The van der Waals surface area contributed by atoms with Crippen LogP contribution < -0.4 is 19.7 Å². The van der Waals surface area contributed by atoms with E-state index in [1.165, 1.54) is 13.3 Å². The summed E-state index contributed by atoms with van der Waals surface area (Å²) in [5.74, 6) is -0.191. The lowest BCUT2D eigenvalue weighted by Gasteiger charge is -2.51. The van der Waals surface area contributed by atoms with E-state index in [2.05, 4.69) is 15.3 Å². The standard InChI is InChI=1S/C28H30F3N5O3/c1-4-17-15-36(21-13-32-14-22(38-3)23(21)28(29,30)31)12-10-27(17)16-34-25(37)24-19(27)8-9-20(35-24)18-7-6-11-33-26(18)39-5-2/h6-9,11,13-14,17H,4-5,10,12,15-16H2,1-3H3,(H,34,37)/t17-,27+/m1/s1. The molecule has 3 aromatic rings. The van der Waals surface area contributed by atoms with Crippen LogP contribution in [0.3, 0.4) is 0 Å². The summed E-state index contributed by atoms with van der Waals surface area (Å²) in [6, 6.07) is 7.43. The minimum Gasteiger partial charge on any atom is -0.494 e. The largest absolute Gasteiger partial charge is 0.494 e. The van der Waals surface area contributed by atoms with Crippen LogP contribution in [-0.2, 0) is 11.6 Å². The van der Waals surface area contributed by atoms with Crippen LogP contribution in [0, 0.1) is 5.92 Å². The van der Waals surface area contributed by atoms with Crippen molar-refractivity contribution in [1.82, 2.24) is 20.3 Å². The highest BCUT2D eigenvalue weighted by atomic mass is 19.4. The molecule has 0 saturated carbocycles. The molecular formula is C28H30F3N5O3. The van der Waals surface area contributed by atoms with Crippen molar-refractivity contribution in [2.75, 3.05) is 38.3 Å². The van der Waals surface area contributed by atoms with Crippen molar-refractivity contribution in [2.45, 2.75) is 38.3 Å². The number of amides is 1. The summed E-state index contributed by atoms with van der Waals surface area (Å²) in [5, 5.41) is 3.01. The minimum absolute atomic E-state index is 0.00345. The van der Waals surface area contributed by atoms with Gasteiger partial charge in [-0.15, -0.1) is 0 Å². The van der Waals surface area contributed by atoms with Gasteiger partial charge >= 0.3 is 6.18 Å². The molecule has 1 spiro atoms. The number of nitrogens with one attached hydrogen (secondary N) is 1. The number of nitrogens with zero attached hydrogens (tertiary/aromatic N) is 4. The summed E-state index contributed by atoms with van der Waals surface area (Å²) in [5.41, 5.74) is 1.11. The third-order valence-electron chi connectivity index (χ3n) is 7.82. The van der Waals surface area contributed by atoms with E-state index in [0.29, 0.717) is 61.9 Å². The molecule has 1 amide bonds. The quantitative estimate of drug-likeness (QED) is 0.476. The number of carbonyl (C=O) groups excluding carboxylic acids is 1. The van der Waals surface area contributed by atoms with Gasteiger partial charge in [0, 0.05) is 31.2 Å². The maximum Gasteiger partial charge on any atom is 0.422 e. The number of pyridine rings is 3. The van der Waals surface area contributed by atoms with E-state index >= 15 is 0 Å². The Hall–Kier alpha value is -3.89. The second-order valence-electron chi connectivity index (χ2n) is 9.76. The SMILES string of the molecule is CCOc1ncccc1-c1ccc2c(n1)C(=O)NC[C@]21CCN(c2cncc(OC)c2C(F)(F)F)C[C@H]1CC. The highest BCUT2D eigenvalue weighted by Crippen LogP contribution is 2.48. The monoisotopic (exact) mass is 541 g/mol. The first-order chi connectivity index (χ1) is 18.7. The van der Waals surface area contributed by atoms with Crippen molar-refractivity contribution in [3.05, 3.63) is 59.7 Å². The van der Waals surface area contributed by atoms with Crippen LogP contribution in [0.4, 0.5) is 18.9 Å². The minimum atomic E-state index is -4.60. The van der Waals surface area contributed by atoms with Crippen LogP contribution in [0.5, 0.6) is 11.6 Å². The first-order valence-corrected chi connectivity index (χ1v) is 13.0. The van der Waals surface area contributed by atoms with E-state index in [1.54, 1.807) is 17.2 Å². The summed E-state index contributed by atoms with van der Waals surface area (Å²) in [6.07, 6.45) is 0.610. The predicted molar refractivity (Wildman–Crippen MR) is 139 cm³/mol. The Bertz CT molecular complexity index is 1380. The van der Waals surface area contributed by atoms with Gasteiger partial charge in [0.05, 0.1) is 43.1 Å². The number of hydrogen-bond donors (Lipinski definition) is 1. The number of piperidine rings is 1. The van der Waals surface area contributed by atoms with E-state index in [4.69, 9.17) is 14.5 Å². The molecule has 1 saturated heterocycles. The molecule has 8 nitrogen and oxygen atoms in total. The van der Waals surface area contributed by atoms with Crippen molar-refractivity contribution in [1.29, 1.82) is 0 Å². The molecule has 206 valence electrons. The zero-order chi connectivity index (χ0) is 27.8. The van der Waals surface area contributed by atoms with Gasteiger partial charge in [-0.3, -0.25) is 9.78 Å². The van der Waals surface area contributed by atoms with E-state index < -0.39 is 17.2 Å². The average molecular weight is 542 g/mol. The van der Waals surface area contributed by atoms with Crippen molar-refractivity contribution >= 4 is 11.6 Å². The fourth-order valence-corrected chi connectivity index (χ4v) is 5.95. The van der Waals surface area contributed by atoms with E-state index in [1.807, 2.05) is 32.0 Å². The molecule has 0 radical (unpaired) electrons. The summed E-state index contributed by atoms with van der Waals surface area (Å²) >= 11 is 0. The topological polar surface area (TPSA) is 89.5 Å². The molecule has 2 aliphatic rings. The number of alkyl halides is 3. The van der Waals surface area contributed by atoms with Crippen LogP contribution in [0.25, 0.3) is 11.3 Å². The molecule has 5 rings (SSSR count). The molecule has 3 aromatic heterocycles. The normalized spacial score (nSPS) is 20.9. The fourth-order valence-electron chi connectivity index (χ4n) is 5.95. The van der Waals surface area contributed by atoms with E-state index in [-0.39, 0.29) is 23.3 Å². The van der Waals surface area contributed by atoms with Crippen LogP contribution in [-0.4, -0.2) is 54.2 Å². The van der Waals surface area contributed by atoms with Gasteiger partial charge in [0.2, 0.25) is 5.88 Å². The maximum atomic E-state index is 14.1. The molecule has 2 atom stereocenters. The Morgan fingerprint density at radius 2 is 2.03 bits per heavy atom. The first-order valence-electron chi connectivity index (χ1n) is 13.0. The Morgan fingerprint density at radius 1 is 1.21 bits per heavy atom. The van der Waals surface area contributed by atoms with Gasteiger partial charge < -0.3 is 19.7 Å². The first kappa shape index (κ1) is 26.7. The number of halogens is 3. The second-order valence-corrected chi connectivity index (χ2v) is 9.76. The predicted octanol–water partition coefficient (Wildman–Crippen LogP) is 4.88. The molecule has 1 N–H and O–H groups in total. The molecule has 1 fully saturated rings. The lowest BCUT2D eigenvalue weighted by atomic mass is 9.63. The van der Waals surface area contributed by atoms with Gasteiger partial charge in [-0.2, -0.15) is 13.2 Å². The van der Waals surface area contributed by atoms with Crippen LogP contribution in [0.15, 0.2) is 42.9 Å². The van der Waals surface area contributed by atoms with Crippen molar-refractivity contribution in [3.8, 4) is 22.9 Å². The summed E-state index contributed by atoms with van der Waals surface area (Å²) < 4.78 is 52.9. The zero-order valence-electron chi connectivity index (χ0n) is 22.0. The van der Waals surface area contributed by atoms with Crippen molar-refractivity contribution in [3.63, 3.8) is 0 Å². The average Bonchev–Trinajstić information content (AvgIpc) is 2.94. The van der Waals surface area contributed by atoms with Gasteiger partial charge in [0.1, 0.15) is 11.3 Å². The van der Waals surface area contributed by atoms with E-state index in [9.17, 15) is 18.0 Å². The molecule has 0 unspecified atom stereocenters. The third-order valence-corrected chi connectivity index (χ3v) is 7.82. The molecule has 0 bridgehead atoms. The Labute approximate surface area is 224 Å². The number of methoxy groups -OCH3 is 1. The molecule has 0 aliphatic carbocycles. The van der Waals surface area contributed by atoms with E-state index in [0.717, 1.165) is 11.8 Å². The number of anilines is 1. The number of fused-ring (bicyclic) bond motifs is 2. The second kappa shape index (κ2) is 10.3. The number of ether oxygens (including phenoxy) is 2. The highest BCUT2D eigenvalue weighted by Gasteiger charge is 2.49. The van der Waals surface area contributed by atoms with Crippen LogP contribution >= 0.6 is 0 Å². The van der Waals surface area contributed by atoms with Gasteiger partial charge in [0.15, 0.2) is 5.75 Å². The lowest BCUT2D eigenvalue weighted by Crippen LogP contribution is -2.58. The lowest BCUT2D eigenvalue weighted by molar-refractivity contribution is -0.138. The third kappa shape index (κ3) is 4.63. The Balaban J connectivity index is 1.53. The molecule has 0 aromatic carbocycles. The Morgan fingerprint density at radius 3 is 2.74 bits per heavy atom. The zero-order valence-corrected chi connectivity index (χ0v) is 22.0. The fraction of sp³-hybridized carbons (Fsp3) is 0.429. The van der Waals surface area contributed by atoms with Gasteiger partial charge in [-0.05, 0) is 43.0 Å². The van der Waals surface area contributed by atoms with Crippen molar-refractivity contribution in [2.24, 2.45) is 5.92 Å². The maximum absolute atomic E-state index is 14.1. The molecule has 5 heterocycles. The number of hydrogen-bond acceptors (Lipinski definition) is 7. The van der Waals surface area contributed by atoms with Gasteiger partial charge in [-0.1, -0.05) is 19.4 Å². The molecule has 2 aliphatic heterocycles. The summed E-state index contributed by atoms with van der Waals surface area (Å²) in [6.45, 7) is 5.43. The van der Waals surface area contributed by atoms with Crippen molar-refractivity contribution < 1.29 is 27.4 Å². The van der Waals surface area contributed by atoms with Gasteiger partial charge in [0.25, 0.3) is 5.91 Å². The smallest absolute Gasteiger partial charge is 0.422 e. The van der Waals surface area contributed by atoms with Crippen LogP contribution in [0.2, 0.25) is 0 Å². The van der Waals surface area contributed by atoms with Crippen LogP contribution in [0.1, 0.15) is 48.3 Å². The van der Waals surface area contributed by atoms with Gasteiger partial charge in [-0.25, -0.2) is 9.97 Å². The molecule has 39 heavy (non-hydrogen) atoms. The summed E-state index contributed by atoms with van der Waals surface area (Å²) in [4.78, 5) is 27.8. The number of carbonyl (C=O) groups is 1. The number of rotatable bonds is 6.